The van der Waals surface area contributed by atoms with E-state index in [1.165, 1.54) is 0 Å². The zero-order valence-electron chi connectivity index (χ0n) is 14.0. The van der Waals surface area contributed by atoms with Gasteiger partial charge in [0.1, 0.15) is 0 Å². The third kappa shape index (κ3) is 5.06. The van der Waals surface area contributed by atoms with Gasteiger partial charge in [0.05, 0.1) is 19.6 Å². The van der Waals surface area contributed by atoms with Gasteiger partial charge < -0.3 is 15.0 Å². The summed E-state index contributed by atoms with van der Waals surface area (Å²) in [5.74, 6) is 0.242. The van der Waals surface area contributed by atoms with Crippen molar-refractivity contribution in [2.45, 2.75) is 33.1 Å². The fraction of sp³-hybridized carbons (Fsp3) is 0.556. The number of benzene rings is 1. The number of morpholine rings is 1. The van der Waals surface area contributed by atoms with E-state index in [0.717, 1.165) is 24.1 Å². The second kappa shape index (κ2) is 8.67. The Bertz CT molecular complexity index is 518. The normalized spacial score (nSPS) is 14.8. The molecule has 1 aliphatic heterocycles. The molecule has 0 atom stereocenters. The Labute approximate surface area is 138 Å². The van der Waals surface area contributed by atoms with Gasteiger partial charge >= 0.3 is 0 Å². The SMILES string of the molecule is CCC(CC)C(=O)Nc1ccc(CC(=O)N2CCOCC2)cc1. The summed E-state index contributed by atoms with van der Waals surface area (Å²) in [5.41, 5.74) is 1.74. The van der Waals surface area contributed by atoms with Crippen LogP contribution in [-0.4, -0.2) is 43.0 Å². The molecule has 1 aliphatic rings. The molecule has 0 spiro atoms. The molecule has 1 fully saturated rings. The highest BCUT2D eigenvalue weighted by Crippen LogP contribution is 2.15. The first-order chi connectivity index (χ1) is 11.1. The summed E-state index contributed by atoms with van der Waals surface area (Å²) in [6.45, 7) is 6.62. The van der Waals surface area contributed by atoms with Gasteiger partial charge in [0.15, 0.2) is 0 Å². The predicted octanol–water partition coefficient (Wildman–Crippen LogP) is 2.46. The third-order valence-electron chi connectivity index (χ3n) is 4.30. The summed E-state index contributed by atoms with van der Waals surface area (Å²) in [6, 6.07) is 7.53. The molecule has 5 heteroatoms. The van der Waals surface area contributed by atoms with Gasteiger partial charge in [-0.05, 0) is 30.5 Å². The minimum absolute atomic E-state index is 0.0533. The molecule has 1 saturated heterocycles. The van der Waals surface area contributed by atoms with Crippen molar-refractivity contribution in [2.24, 2.45) is 5.92 Å². The lowest BCUT2D eigenvalue weighted by Gasteiger charge is -2.26. The Morgan fingerprint density at radius 1 is 1.13 bits per heavy atom. The van der Waals surface area contributed by atoms with Crippen LogP contribution in [0.1, 0.15) is 32.3 Å². The summed E-state index contributed by atoms with van der Waals surface area (Å²) < 4.78 is 5.26. The van der Waals surface area contributed by atoms with Crippen molar-refractivity contribution in [3.05, 3.63) is 29.8 Å². The number of hydrogen-bond donors (Lipinski definition) is 1. The van der Waals surface area contributed by atoms with E-state index in [1.807, 2.05) is 43.0 Å². The van der Waals surface area contributed by atoms with Crippen molar-refractivity contribution in [3.8, 4) is 0 Å². The standard InChI is InChI=1S/C18H26N2O3/c1-3-15(4-2)18(22)19-16-7-5-14(6-8-16)13-17(21)20-9-11-23-12-10-20/h5-8,15H,3-4,9-13H2,1-2H3,(H,19,22). The quantitative estimate of drug-likeness (QED) is 0.876. The summed E-state index contributed by atoms with van der Waals surface area (Å²) in [4.78, 5) is 26.1. The van der Waals surface area contributed by atoms with Gasteiger partial charge in [-0.25, -0.2) is 0 Å². The highest BCUT2D eigenvalue weighted by Gasteiger charge is 2.17. The van der Waals surface area contributed by atoms with Crippen LogP contribution in [0.15, 0.2) is 24.3 Å². The lowest BCUT2D eigenvalue weighted by Crippen LogP contribution is -2.41. The van der Waals surface area contributed by atoms with Gasteiger partial charge in [-0.3, -0.25) is 9.59 Å². The highest BCUT2D eigenvalue weighted by atomic mass is 16.5. The molecule has 126 valence electrons. The maximum absolute atomic E-state index is 12.2. The lowest BCUT2D eigenvalue weighted by molar-refractivity contribution is -0.134. The molecule has 5 nitrogen and oxygen atoms in total. The van der Waals surface area contributed by atoms with Gasteiger partial charge in [-0.15, -0.1) is 0 Å². The number of ether oxygens (including phenoxy) is 1. The maximum Gasteiger partial charge on any atom is 0.227 e. The van der Waals surface area contributed by atoms with E-state index >= 15 is 0 Å². The Morgan fingerprint density at radius 3 is 2.30 bits per heavy atom. The molecule has 0 unspecified atom stereocenters. The maximum atomic E-state index is 12.2. The number of nitrogens with zero attached hydrogens (tertiary/aromatic N) is 1. The van der Waals surface area contributed by atoms with E-state index in [1.54, 1.807) is 0 Å². The number of anilines is 1. The first-order valence-corrected chi connectivity index (χ1v) is 8.39. The Morgan fingerprint density at radius 2 is 1.74 bits per heavy atom. The largest absolute Gasteiger partial charge is 0.378 e. The number of nitrogens with one attached hydrogen (secondary N) is 1. The zero-order chi connectivity index (χ0) is 16.7. The molecule has 2 amide bonds. The molecule has 0 aromatic heterocycles. The van der Waals surface area contributed by atoms with Gasteiger partial charge in [-0.1, -0.05) is 26.0 Å². The summed E-state index contributed by atoms with van der Waals surface area (Å²) in [7, 11) is 0. The van der Waals surface area contributed by atoms with Crippen LogP contribution < -0.4 is 5.32 Å². The molecule has 0 radical (unpaired) electrons. The van der Waals surface area contributed by atoms with E-state index in [2.05, 4.69) is 5.32 Å². The van der Waals surface area contributed by atoms with Crippen LogP contribution in [0.4, 0.5) is 5.69 Å². The second-order valence-corrected chi connectivity index (χ2v) is 5.87. The molecule has 1 aromatic rings. The molecular formula is C18H26N2O3. The molecule has 2 rings (SSSR count). The average molecular weight is 318 g/mol. The molecule has 0 saturated carbocycles. The van der Waals surface area contributed by atoms with Crippen molar-refractivity contribution in [3.63, 3.8) is 0 Å². The molecule has 0 bridgehead atoms. The predicted molar refractivity (Wildman–Crippen MR) is 90.2 cm³/mol. The first-order valence-electron chi connectivity index (χ1n) is 8.39. The van der Waals surface area contributed by atoms with Gasteiger partial charge in [0.25, 0.3) is 0 Å². The first kappa shape index (κ1) is 17.5. The zero-order valence-corrected chi connectivity index (χ0v) is 14.0. The van der Waals surface area contributed by atoms with Crippen molar-refractivity contribution in [1.82, 2.24) is 4.90 Å². The summed E-state index contributed by atoms with van der Waals surface area (Å²) >= 11 is 0. The molecule has 1 aromatic carbocycles. The number of amides is 2. The minimum Gasteiger partial charge on any atom is -0.378 e. The van der Waals surface area contributed by atoms with Crippen LogP contribution in [0.2, 0.25) is 0 Å². The van der Waals surface area contributed by atoms with E-state index in [9.17, 15) is 9.59 Å². The van der Waals surface area contributed by atoms with Crippen LogP contribution in [-0.2, 0) is 20.7 Å². The topological polar surface area (TPSA) is 58.6 Å². The number of carbonyl (C=O) groups excluding carboxylic acids is 2. The Hall–Kier alpha value is -1.88. The van der Waals surface area contributed by atoms with Crippen molar-refractivity contribution < 1.29 is 14.3 Å². The molecule has 23 heavy (non-hydrogen) atoms. The smallest absolute Gasteiger partial charge is 0.227 e. The third-order valence-corrected chi connectivity index (χ3v) is 4.30. The minimum atomic E-state index is 0.0533. The Balaban J connectivity index is 1.89. The van der Waals surface area contributed by atoms with E-state index < -0.39 is 0 Å². The fourth-order valence-electron chi connectivity index (χ4n) is 2.71. The van der Waals surface area contributed by atoms with Crippen LogP contribution >= 0.6 is 0 Å². The highest BCUT2D eigenvalue weighted by molar-refractivity contribution is 5.92. The number of carbonyl (C=O) groups is 2. The second-order valence-electron chi connectivity index (χ2n) is 5.87. The average Bonchev–Trinajstić information content (AvgIpc) is 2.58. The van der Waals surface area contributed by atoms with Gasteiger partial charge in [0, 0.05) is 24.7 Å². The summed E-state index contributed by atoms with van der Waals surface area (Å²) in [5, 5.41) is 2.94. The van der Waals surface area contributed by atoms with Crippen molar-refractivity contribution >= 4 is 17.5 Å². The van der Waals surface area contributed by atoms with Crippen LogP contribution in [0.25, 0.3) is 0 Å². The lowest BCUT2D eigenvalue weighted by atomic mass is 10.0. The Kier molecular flexibility index (Phi) is 6.59. The van der Waals surface area contributed by atoms with Gasteiger partial charge in [0.2, 0.25) is 11.8 Å². The van der Waals surface area contributed by atoms with Crippen LogP contribution in [0.5, 0.6) is 0 Å². The van der Waals surface area contributed by atoms with Crippen molar-refractivity contribution in [2.75, 3.05) is 31.6 Å². The fourth-order valence-corrected chi connectivity index (χ4v) is 2.71. The van der Waals surface area contributed by atoms with Gasteiger partial charge in [-0.2, -0.15) is 0 Å². The molecule has 0 aliphatic carbocycles. The molecule has 1 heterocycles. The number of hydrogen-bond acceptors (Lipinski definition) is 3. The van der Waals surface area contributed by atoms with Crippen molar-refractivity contribution in [1.29, 1.82) is 0 Å². The van der Waals surface area contributed by atoms with Crippen LogP contribution in [0, 0.1) is 5.92 Å². The van der Waals surface area contributed by atoms with E-state index in [0.29, 0.717) is 32.7 Å². The van der Waals surface area contributed by atoms with E-state index in [-0.39, 0.29) is 17.7 Å². The summed E-state index contributed by atoms with van der Waals surface area (Å²) in [6.07, 6.45) is 2.07. The van der Waals surface area contributed by atoms with Crippen LogP contribution in [0.3, 0.4) is 0 Å². The number of rotatable bonds is 6. The monoisotopic (exact) mass is 318 g/mol. The molecular weight excluding hydrogens is 292 g/mol. The molecule has 1 N–H and O–H groups in total. The van der Waals surface area contributed by atoms with E-state index in [4.69, 9.17) is 4.74 Å².